The number of rotatable bonds is 3. The lowest BCUT2D eigenvalue weighted by Crippen LogP contribution is -2.42. The molecule has 0 aromatic rings. The first kappa shape index (κ1) is 11.9. The van der Waals surface area contributed by atoms with Gasteiger partial charge in [-0.15, -0.1) is 0 Å². The number of hydrogen-bond donors (Lipinski definition) is 2. The van der Waals surface area contributed by atoms with Crippen LogP contribution in [0.15, 0.2) is 0 Å². The zero-order valence-electron chi connectivity index (χ0n) is 10.2. The average molecular weight is 224 g/mol. The van der Waals surface area contributed by atoms with Crippen molar-refractivity contribution in [1.82, 2.24) is 5.32 Å². The minimum atomic E-state index is 0.192. The first-order valence-corrected chi connectivity index (χ1v) is 6.72. The normalized spacial score (nSPS) is 38.9. The maximum Gasteiger partial charge on any atom is 0.223 e. The van der Waals surface area contributed by atoms with E-state index in [9.17, 15) is 4.79 Å². The first-order valence-electron chi connectivity index (χ1n) is 6.72. The van der Waals surface area contributed by atoms with Crippen LogP contribution in [0.4, 0.5) is 0 Å². The summed E-state index contributed by atoms with van der Waals surface area (Å²) >= 11 is 0. The van der Waals surface area contributed by atoms with Crippen LogP contribution in [-0.4, -0.2) is 18.5 Å². The molecule has 0 aromatic carbocycles. The highest BCUT2D eigenvalue weighted by Crippen LogP contribution is 2.32. The Bertz CT molecular complexity index is 254. The van der Waals surface area contributed by atoms with Gasteiger partial charge in [-0.1, -0.05) is 19.8 Å². The average Bonchev–Trinajstić information content (AvgIpc) is 2.87. The molecule has 0 radical (unpaired) electrons. The summed E-state index contributed by atoms with van der Waals surface area (Å²) in [4.78, 5) is 12.1. The third-order valence-corrected chi connectivity index (χ3v) is 4.49. The molecule has 0 heterocycles. The number of carbonyl (C=O) groups is 1. The molecule has 2 aliphatic rings. The van der Waals surface area contributed by atoms with Crippen LogP contribution in [0, 0.1) is 17.8 Å². The minimum absolute atomic E-state index is 0.192. The zero-order valence-corrected chi connectivity index (χ0v) is 10.2. The van der Waals surface area contributed by atoms with Crippen molar-refractivity contribution in [3.8, 4) is 0 Å². The maximum atomic E-state index is 12.1. The quantitative estimate of drug-likeness (QED) is 0.766. The van der Waals surface area contributed by atoms with Gasteiger partial charge in [0, 0.05) is 12.0 Å². The molecule has 16 heavy (non-hydrogen) atoms. The highest BCUT2D eigenvalue weighted by molar-refractivity contribution is 5.79. The molecule has 2 aliphatic carbocycles. The number of nitrogens with one attached hydrogen (secondary N) is 1. The van der Waals surface area contributed by atoms with Crippen molar-refractivity contribution in [2.24, 2.45) is 23.5 Å². The highest BCUT2D eigenvalue weighted by atomic mass is 16.2. The van der Waals surface area contributed by atoms with Gasteiger partial charge in [0.1, 0.15) is 0 Å². The zero-order chi connectivity index (χ0) is 11.5. The van der Waals surface area contributed by atoms with Crippen LogP contribution in [0.25, 0.3) is 0 Å². The predicted molar refractivity (Wildman–Crippen MR) is 64.8 cm³/mol. The largest absolute Gasteiger partial charge is 0.353 e. The van der Waals surface area contributed by atoms with Crippen LogP contribution in [0.1, 0.15) is 45.4 Å². The fourth-order valence-electron chi connectivity index (χ4n) is 3.31. The van der Waals surface area contributed by atoms with Gasteiger partial charge < -0.3 is 11.1 Å². The molecule has 0 spiro atoms. The van der Waals surface area contributed by atoms with Crippen LogP contribution in [0.3, 0.4) is 0 Å². The molecule has 2 saturated carbocycles. The number of carbonyl (C=O) groups excluding carboxylic acids is 1. The topological polar surface area (TPSA) is 55.1 Å². The Kier molecular flexibility index (Phi) is 3.85. The summed E-state index contributed by atoms with van der Waals surface area (Å²) < 4.78 is 0. The molecule has 2 fully saturated rings. The van der Waals surface area contributed by atoms with E-state index in [4.69, 9.17) is 5.73 Å². The van der Waals surface area contributed by atoms with Crippen molar-refractivity contribution in [3.05, 3.63) is 0 Å². The van der Waals surface area contributed by atoms with E-state index in [0.717, 1.165) is 19.3 Å². The van der Waals surface area contributed by atoms with Gasteiger partial charge in [-0.05, 0) is 44.1 Å². The molecule has 3 N–H and O–H groups in total. The molecule has 2 rings (SSSR count). The van der Waals surface area contributed by atoms with Crippen molar-refractivity contribution < 1.29 is 4.79 Å². The number of nitrogens with two attached hydrogens (primary N) is 1. The Labute approximate surface area is 98.2 Å². The lowest BCUT2D eigenvalue weighted by Gasteiger charge is -2.22. The van der Waals surface area contributed by atoms with Crippen LogP contribution in [0.5, 0.6) is 0 Å². The number of hydrogen-bond acceptors (Lipinski definition) is 2. The smallest absolute Gasteiger partial charge is 0.223 e. The van der Waals surface area contributed by atoms with Crippen molar-refractivity contribution in [3.63, 3.8) is 0 Å². The maximum absolute atomic E-state index is 12.1. The Morgan fingerprint density at radius 3 is 2.62 bits per heavy atom. The summed E-state index contributed by atoms with van der Waals surface area (Å²) in [6, 6.07) is 0.423. The Balaban J connectivity index is 1.87. The summed E-state index contributed by atoms with van der Waals surface area (Å²) in [7, 11) is 0. The fraction of sp³-hybridized carbons (Fsp3) is 0.923. The standard InChI is InChI=1S/C13H24N2O/c1-9-4-2-7-12(9)15-13(16)11-6-3-5-10(11)8-14/h9-12H,2-8,14H2,1H3,(H,15,16)/t9?,10-,11-,12?/m1/s1. The van der Waals surface area contributed by atoms with Crippen molar-refractivity contribution in [1.29, 1.82) is 0 Å². The van der Waals surface area contributed by atoms with Gasteiger partial charge in [0.2, 0.25) is 5.91 Å². The van der Waals surface area contributed by atoms with E-state index in [1.165, 1.54) is 19.3 Å². The van der Waals surface area contributed by atoms with E-state index in [1.807, 2.05) is 0 Å². The minimum Gasteiger partial charge on any atom is -0.353 e. The van der Waals surface area contributed by atoms with Crippen LogP contribution < -0.4 is 11.1 Å². The van der Waals surface area contributed by atoms with Gasteiger partial charge in [0.25, 0.3) is 0 Å². The van der Waals surface area contributed by atoms with E-state index >= 15 is 0 Å². The van der Waals surface area contributed by atoms with Gasteiger partial charge >= 0.3 is 0 Å². The number of amides is 1. The molecule has 3 nitrogen and oxygen atoms in total. The second kappa shape index (κ2) is 5.17. The van der Waals surface area contributed by atoms with Crippen LogP contribution in [0.2, 0.25) is 0 Å². The van der Waals surface area contributed by atoms with Crippen molar-refractivity contribution in [2.45, 2.75) is 51.5 Å². The molecule has 0 aliphatic heterocycles. The molecular formula is C13H24N2O. The first-order chi connectivity index (χ1) is 7.72. The monoisotopic (exact) mass is 224 g/mol. The molecule has 4 atom stereocenters. The SMILES string of the molecule is CC1CCCC1NC(=O)[C@@H]1CCC[C@@H]1CN. The second-order valence-electron chi connectivity index (χ2n) is 5.56. The molecule has 2 unspecified atom stereocenters. The van der Waals surface area contributed by atoms with E-state index in [0.29, 0.717) is 24.4 Å². The predicted octanol–water partition coefficient (Wildman–Crippen LogP) is 1.67. The fourth-order valence-corrected chi connectivity index (χ4v) is 3.31. The summed E-state index contributed by atoms with van der Waals surface area (Å²) in [5.41, 5.74) is 5.72. The van der Waals surface area contributed by atoms with Crippen molar-refractivity contribution in [2.75, 3.05) is 6.54 Å². The molecule has 1 amide bonds. The second-order valence-corrected chi connectivity index (χ2v) is 5.56. The van der Waals surface area contributed by atoms with Gasteiger partial charge in [-0.25, -0.2) is 0 Å². The summed E-state index contributed by atoms with van der Waals surface area (Å²) in [5, 5.41) is 3.24. The summed E-state index contributed by atoms with van der Waals surface area (Å²) in [6.45, 7) is 2.91. The van der Waals surface area contributed by atoms with Gasteiger partial charge in [-0.3, -0.25) is 4.79 Å². The van der Waals surface area contributed by atoms with Crippen LogP contribution in [-0.2, 0) is 4.79 Å². The van der Waals surface area contributed by atoms with E-state index < -0.39 is 0 Å². The van der Waals surface area contributed by atoms with Crippen molar-refractivity contribution >= 4 is 5.91 Å². The molecule has 0 bridgehead atoms. The third-order valence-electron chi connectivity index (χ3n) is 4.49. The lowest BCUT2D eigenvalue weighted by atomic mass is 9.94. The highest BCUT2D eigenvalue weighted by Gasteiger charge is 2.34. The lowest BCUT2D eigenvalue weighted by molar-refractivity contribution is -0.126. The Morgan fingerprint density at radius 2 is 2.00 bits per heavy atom. The Morgan fingerprint density at radius 1 is 1.25 bits per heavy atom. The summed E-state index contributed by atoms with van der Waals surface area (Å²) in [5.74, 6) is 1.54. The molecule has 92 valence electrons. The molecule has 3 heteroatoms. The Hall–Kier alpha value is -0.570. The van der Waals surface area contributed by atoms with Gasteiger partial charge in [0.05, 0.1) is 0 Å². The molecule has 0 aromatic heterocycles. The summed E-state index contributed by atoms with van der Waals surface area (Å²) in [6.07, 6.45) is 7.02. The van der Waals surface area contributed by atoms with E-state index in [-0.39, 0.29) is 11.8 Å². The molecular weight excluding hydrogens is 200 g/mol. The van der Waals surface area contributed by atoms with Gasteiger partial charge in [0.15, 0.2) is 0 Å². The van der Waals surface area contributed by atoms with E-state index in [1.54, 1.807) is 0 Å². The van der Waals surface area contributed by atoms with Gasteiger partial charge in [-0.2, -0.15) is 0 Å². The van der Waals surface area contributed by atoms with Crippen LogP contribution >= 0.6 is 0 Å². The molecule has 0 saturated heterocycles. The third kappa shape index (κ3) is 2.40. The van der Waals surface area contributed by atoms with E-state index in [2.05, 4.69) is 12.2 Å².